The zero-order valence-electron chi connectivity index (χ0n) is 11.8. The van der Waals surface area contributed by atoms with Gasteiger partial charge in [0.05, 0.1) is 11.5 Å². The van der Waals surface area contributed by atoms with Crippen LogP contribution in [0.15, 0.2) is 24.3 Å². The summed E-state index contributed by atoms with van der Waals surface area (Å²) in [7, 11) is 0. The molecular weight excluding hydrogens is 238 g/mol. The molecule has 1 aromatic carbocycles. The largest absolute Gasteiger partial charge is 0.378 e. The van der Waals surface area contributed by atoms with Gasteiger partial charge in [0, 0.05) is 6.61 Å². The van der Waals surface area contributed by atoms with Gasteiger partial charge in [-0.25, -0.2) is 0 Å². The summed E-state index contributed by atoms with van der Waals surface area (Å²) in [6, 6.07) is 8.17. The average molecular weight is 261 g/mol. The third-order valence-electron chi connectivity index (χ3n) is 4.03. The molecule has 1 aliphatic rings. The normalized spacial score (nSPS) is 20.2. The van der Waals surface area contributed by atoms with Crippen LogP contribution in [0.4, 0.5) is 0 Å². The van der Waals surface area contributed by atoms with Crippen LogP contribution in [0.25, 0.3) is 0 Å². The van der Waals surface area contributed by atoms with Crippen molar-refractivity contribution >= 4 is 5.91 Å². The molecule has 0 saturated carbocycles. The molecule has 3 nitrogen and oxygen atoms in total. The average Bonchev–Trinajstić information content (AvgIpc) is 2.40. The lowest BCUT2D eigenvalue weighted by Gasteiger charge is -2.24. The number of primary amides is 1. The monoisotopic (exact) mass is 261 g/mol. The van der Waals surface area contributed by atoms with Crippen LogP contribution >= 0.6 is 0 Å². The molecule has 2 rings (SSSR count). The van der Waals surface area contributed by atoms with E-state index in [0.29, 0.717) is 6.10 Å². The molecule has 1 aromatic rings. The molecule has 0 aliphatic carbocycles. The van der Waals surface area contributed by atoms with Gasteiger partial charge in [-0.15, -0.1) is 0 Å². The third-order valence-corrected chi connectivity index (χ3v) is 4.03. The lowest BCUT2D eigenvalue weighted by molar-refractivity contribution is -0.122. The Morgan fingerprint density at radius 2 is 2.00 bits per heavy atom. The second kappa shape index (κ2) is 5.74. The van der Waals surface area contributed by atoms with Gasteiger partial charge in [-0.3, -0.25) is 4.79 Å². The van der Waals surface area contributed by atoms with Crippen LogP contribution in [-0.2, 0) is 21.4 Å². The Kier molecular flexibility index (Phi) is 4.25. The molecule has 0 aromatic heterocycles. The van der Waals surface area contributed by atoms with Crippen molar-refractivity contribution in [3.8, 4) is 0 Å². The van der Waals surface area contributed by atoms with Gasteiger partial charge in [0.25, 0.3) is 0 Å². The lowest BCUT2D eigenvalue weighted by atomic mass is 9.83. The van der Waals surface area contributed by atoms with E-state index in [0.717, 1.165) is 25.0 Å². The molecule has 0 bridgehead atoms. The summed E-state index contributed by atoms with van der Waals surface area (Å²) in [5, 5.41) is 0. The highest BCUT2D eigenvalue weighted by molar-refractivity contribution is 5.85. The fourth-order valence-electron chi connectivity index (χ4n) is 2.43. The number of carbonyl (C=O) groups excluding carboxylic acids is 1. The Labute approximate surface area is 115 Å². The number of amides is 1. The van der Waals surface area contributed by atoms with Gasteiger partial charge in [0.1, 0.15) is 0 Å². The number of nitrogens with two attached hydrogens (primary N) is 1. The van der Waals surface area contributed by atoms with Gasteiger partial charge in [0.15, 0.2) is 0 Å². The first-order chi connectivity index (χ1) is 9.00. The maximum atomic E-state index is 11.4. The highest BCUT2D eigenvalue weighted by Gasteiger charge is 2.27. The first-order valence-corrected chi connectivity index (χ1v) is 7.01. The van der Waals surface area contributed by atoms with E-state index >= 15 is 0 Å². The van der Waals surface area contributed by atoms with E-state index in [1.807, 2.05) is 26.0 Å². The van der Waals surface area contributed by atoms with Crippen LogP contribution in [0.3, 0.4) is 0 Å². The third kappa shape index (κ3) is 3.35. The number of rotatable bonds is 4. The molecule has 0 radical (unpaired) electrons. The molecule has 1 amide bonds. The van der Waals surface area contributed by atoms with Crippen molar-refractivity contribution in [3.05, 3.63) is 35.4 Å². The standard InChI is InChI=1S/C16H23NO2/c1-16(2,15(17)18)13-8-6-12(7-9-13)11-14-5-3-4-10-19-14/h6-9,14H,3-5,10-11H2,1-2H3,(H2,17,18)/t14-/m1/s1. The number of carbonyl (C=O) groups is 1. The van der Waals surface area contributed by atoms with Gasteiger partial charge in [0.2, 0.25) is 5.91 Å². The van der Waals surface area contributed by atoms with E-state index in [4.69, 9.17) is 10.5 Å². The molecular formula is C16H23NO2. The van der Waals surface area contributed by atoms with E-state index in [2.05, 4.69) is 12.1 Å². The van der Waals surface area contributed by atoms with E-state index in [-0.39, 0.29) is 5.91 Å². The van der Waals surface area contributed by atoms with Crippen molar-refractivity contribution in [2.45, 2.75) is 51.0 Å². The van der Waals surface area contributed by atoms with E-state index < -0.39 is 5.41 Å². The van der Waals surface area contributed by atoms with Crippen LogP contribution in [-0.4, -0.2) is 18.6 Å². The van der Waals surface area contributed by atoms with Crippen molar-refractivity contribution < 1.29 is 9.53 Å². The Bertz CT molecular complexity index is 431. The zero-order chi connectivity index (χ0) is 13.9. The maximum absolute atomic E-state index is 11.4. The SMILES string of the molecule is CC(C)(C(N)=O)c1ccc(C[C@H]2CCCCO2)cc1. The first-order valence-electron chi connectivity index (χ1n) is 7.01. The first kappa shape index (κ1) is 14.1. The van der Waals surface area contributed by atoms with Crippen molar-refractivity contribution in [2.24, 2.45) is 5.73 Å². The molecule has 1 fully saturated rings. The molecule has 1 heterocycles. The van der Waals surface area contributed by atoms with Crippen molar-refractivity contribution in [1.29, 1.82) is 0 Å². The summed E-state index contributed by atoms with van der Waals surface area (Å²) in [6.07, 6.45) is 4.90. The van der Waals surface area contributed by atoms with Crippen LogP contribution in [0.2, 0.25) is 0 Å². The highest BCUT2D eigenvalue weighted by atomic mass is 16.5. The fourth-order valence-corrected chi connectivity index (χ4v) is 2.43. The number of hydrogen-bond acceptors (Lipinski definition) is 2. The summed E-state index contributed by atoms with van der Waals surface area (Å²) in [4.78, 5) is 11.4. The summed E-state index contributed by atoms with van der Waals surface area (Å²) in [6.45, 7) is 4.60. The van der Waals surface area contributed by atoms with Crippen LogP contribution in [0, 0.1) is 0 Å². The number of ether oxygens (including phenoxy) is 1. The second-order valence-corrected chi connectivity index (χ2v) is 5.88. The molecule has 0 spiro atoms. The molecule has 1 aliphatic heterocycles. The maximum Gasteiger partial charge on any atom is 0.227 e. The quantitative estimate of drug-likeness (QED) is 0.905. The van der Waals surface area contributed by atoms with E-state index in [9.17, 15) is 4.79 Å². The van der Waals surface area contributed by atoms with Gasteiger partial charge in [-0.1, -0.05) is 24.3 Å². The number of hydrogen-bond donors (Lipinski definition) is 1. The van der Waals surface area contributed by atoms with Crippen molar-refractivity contribution in [3.63, 3.8) is 0 Å². The van der Waals surface area contributed by atoms with Gasteiger partial charge in [-0.2, -0.15) is 0 Å². The minimum Gasteiger partial charge on any atom is -0.378 e. The summed E-state index contributed by atoms with van der Waals surface area (Å²) in [5.41, 5.74) is 7.05. The van der Waals surface area contributed by atoms with Gasteiger partial charge in [-0.05, 0) is 50.7 Å². The van der Waals surface area contributed by atoms with Gasteiger partial charge >= 0.3 is 0 Å². The Morgan fingerprint density at radius 3 is 2.53 bits per heavy atom. The predicted molar refractivity (Wildman–Crippen MR) is 76.0 cm³/mol. The summed E-state index contributed by atoms with van der Waals surface area (Å²) in [5.74, 6) is -0.295. The molecule has 0 unspecified atom stereocenters. The summed E-state index contributed by atoms with van der Waals surface area (Å²) < 4.78 is 5.74. The Morgan fingerprint density at radius 1 is 1.32 bits per heavy atom. The Balaban J connectivity index is 2.04. The molecule has 104 valence electrons. The highest BCUT2D eigenvalue weighted by Crippen LogP contribution is 2.24. The van der Waals surface area contributed by atoms with E-state index in [1.165, 1.54) is 18.4 Å². The molecule has 1 atom stereocenters. The molecule has 3 heteroatoms. The van der Waals surface area contributed by atoms with Crippen LogP contribution in [0.1, 0.15) is 44.2 Å². The minimum absolute atomic E-state index is 0.295. The van der Waals surface area contributed by atoms with E-state index in [1.54, 1.807) is 0 Å². The fraction of sp³-hybridized carbons (Fsp3) is 0.562. The van der Waals surface area contributed by atoms with Crippen LogP contribution < -0.4 is 5.73 Å². The lowest BCUT2D eigenvalue weighted by Crippen LogP contribution is -2.35. The second-order valence-electron chi connectivity index (χ2n) is 5.88. The smallest absolute Gasteiger partial charge is 0.227 e. The van der Waals surface area contributed by atoms with Crippen LogP contribution in [0.5, 0.6) is 0 Å². The van der Waals surface area contributed by atoms with Crippen molar-refractivity contribution in [2.75, 3.05) is 6.61 Å². The minimum atomic E-state index is -0.611. The van der Waals surface area contributed by atoms with Crippen molar-refractivity contribution in [1.82, 2.24) is 0 Å². The predicted octanol–water partition coefficient (Wildman–Crippen LogP) is 2.56. The topological polar surface area (TPSA) is 52.3 Å². The van der Waals surface area contributed by atoms with Gasteiger partial charge < -0.3 is 10.5 Å². The molecule has 1 saturated heterocycles. The molecule has 19 heavy (non-hydrogen) atoms. The zero-order valence-corrected chi connectivity index (χ0v) is 11.8. The number of benzene rings is 1. The summed E-state index contributed by atoms with van der Waals surface area (Å²) >= 11 is 0. The Hall–Kier alpha value is -1.35. The molecule has 2 N–H and O–H groups in total.